The van der Waals surface area contributed by atoms with Crippen LogP contribution in [0.4, 0.5) is 11.4 Å². The summed E-state index contributed by atoms with van der Waals surface area (Å²) in [7, 11) is -3.86. The minimum atomic E-state index is -3.86. The largest absolute Gasteiger partial charge is 0.476 e. The number of hydrogen-bond acceptors (Lipinski definition) is 4. The molecular weight excluding hydrogens is 400 g/mol. The highest BCUT2D eigenvalue weighted by atomic mass is 32.2. The maximum absolute atomic E-state index is 13.3. The van der Waals surface area contributed by atoms with E-state index in [2.05, 4.69) is 5.32 Å². The fraction of sp³-hybridized carbons (Fsp3) is 0.174. The van der Waals surface area contributed by atoms with E-state index in [1.54, 1.807) is 54.6 Å². The van der Waals surface area contributed by atoms with Gasteiger partial charge in [0.05, 0.1) is 17.1 Å². The summed E-state index contributed by atoms with van der Waals surface area (Å²) in [6.45, 7) is 3.72. The number of aryl methyl sites for hydroxylation is 2. The molecule has 0 radical (unpaired) electrons. The first-order valence-corrected chi connectivity index (χ1v) is 11.0. The molecule has 0 bridgehead atoms. The van der Waals surface area contributed by atoms with Crippen LogP contribution in [0.5, 0.6) is 5.75 Å². The van der Waals surface area contributed by atoms with Crippen molar-refractivity contribution in [3.8, 4) is 5.75 Å². The van der Waals surface area contributed by atoms with E-state index < -0.39 is 22.0 Å². The highest BCUT2D eigenvalue weighted by Crippen LogP contribution is 2.37. The second kappa shape index (κ2) is 7.84. The Labute approximate surface area is 176 Å². The molecule has 1 aliphatic rings. The van der Waals surface area contributed by atoms with E-state index in [9.17, 15) is 13.2 Å². The Morgan fingerprint density at radius 1 is 1.00 bits per heavy atom. The molecule has 4 rings (SSSR count). The van der Waals surface area contributed by atoms with Crippen LogP contribution in [0.1, 0.15) is 11.1 Å². The van der Waals surface area contributed by atoms with Crippen molar-refractivity contribution in [3.05, 3.63) is 83.9 Å². The number of anilines is 2. The first-order valence-electron chi connectivity index (χ1n) is 9.58. The van der Waals surface area contributed by atoms with Crippen LogP contribution >= 0.6 is 0 Å². The second-order valence-electron chi connectivity index (χ2n) is 7.23. The van der Waals surface area contributed by atoms with Crippen LogP contribution < -0.4 is 14.4 Å². The highest BCUT2D eigenvalue weighted by molar-refractivity contribution is 7.92. The van der Waals surface area contributed by atoms with Gasteiger partial charge in [0.1, 0.15) is 5.75 Å². The Morgan fingerprint density at radius 3 is 2.47 bits per heavy atom. The third-order valence-electron chi connectivity index (χ3n) is 5.01. The number of hydrogen-bond donors (Lipinski definition) is 1. The zero-order chi connectivity index (χ0) is 21.3. The third-order valence-corrected chi connectivity index (χ3v) is 6.80. The molecule has 0 aromatic heterocycles. The lowest BCUT2D eigenvalue weighted by Gasteiger charge is -2.34. The predicted octanol–water partition coefficient (Wildman–Crippen LogP) is 3.90. The van der Waals surface area contributed by atoms with E-state index in [4.69, 9.17) is 4.74 Å². The van der Waals surface area contributed by atoms with Crippen LogP contribution in [0.3, 0.4) is 0 Å². The van der Waals surface area contributed by atoms with Gasteiger partial charge in [-0.3, -0.25) is 9.10 Å². The Hall–Kier alpha value is -3.32. The molecule has 0 fully saturated rings. The molecule has 1 N–H and O–H groups in total. The standard InChI is InChI=1S/C23H22N2O4S/c1-16-12-13-17(2)19(14-16)24-23(26)22-15-25(20-10-6-7-11-21(20)29-22)30(27,28)18-8-4-3-5-9-18/h3-14,22H,15H2,1-2H3,(H,24,26). The molecule has 1 amide bonds. The van der Waals surface area contributed by atoms with Crippen molar-refractivity contribution in [1.82, 2.24) is 0 Å². The van der Waals surface area contributed by atoms with Gasteiger partial charge in [-0.1, -0.05) is 42.5 Å². The van der Waals surface area contributed by atoms with E-state index in [-0.39, 0.29) is 11.4 Å². The molecule has 0 aliphatic carbocycles. The SMILES string of the molecule is Cc1ccc(C)c(NC(=O)C2CN(S(=O)(=O)c3ccccc3)c3ccccc3O2)c1. The van der Waals surface area contributed by atoms with Crippen LogP contribution in [-0.2, 0) is 14.8 Å². The number of rotatable bonds is 4. The molecule has 3 aromatic carbocycles. The predicted molar refractivity (Wildman–Crippen MR) is 116 cm³/mol. The number of carbonyl (C=O) groups excluding carboxylic acids is 1. The lowest BCUT2D eigenvalue weighted by Crippen LogP contribution is -2.48. The summed E-state index contributed by atoms with van der Waals surface area (Å²) in [5.41, 5.74) is 3.02. The van der Waals surface area contributed by atoms with E-state index in [1.165, 1.54) is 4.31 Å². The number of benzene rings is 3. The lowest BCUT2D eigenvalue weighted by atomic mass is 10.1. The molecule has 0 spiro atoms. The molecule has 154 valence electrons. The van der Waals surface area contributed by atoms with Gasteiger partial charge in [0.2, 0.25) is 0 Å². The fourth-order valence-corrected chi connectivity index (χ4v) is 4.87. The van der Waals surface area contributed by atoms with Crippen molar-refractivity contribution in [2.75, 3.05) is 16.2 Å². The molecule has 0 saturated carbocycles. The number of amides is 1. The molecule has 1 unspecified atom stereocenters. The van der Waals surface area contributed by atoms with E-state index in [1.807, 2.05) is 32.0 Å². The molecule has 0 saturated heterocycles. The Balaban J connectivity index is 1.68. The third kappa shape index (κ3) is 3.76. The van der Waals surface area contributed by atoms with Crippen molar-refractivity contribution in [2.24, 2.45) is 0 Å². The zero-order valence-electron chi connectivity index (χ0n) is 16.7. The van der Waals surface area contributed by atoms with Crippen molar-refractivity contribution < 1.29 is 17.9 Å². The summed E-state index contributed by atoms with van der Waals surface area (Å²) >= 11 is 0. The Morgan fingerprint density at radius 2 is 1.70 bits per heavy atom. The molecule has 1 atom stereocenters. The van der Waals surface area contributed by atoms with E-state index in [0.717, 1.165) is 11.1 Å². The molecule has 1 heterocycles. The first-order chi connectivity index (χ1) is 14.4. The van der Waals surface area contributed by atoms with Gasteiger partial charge in [-0.25, -0.2) is 8.42 Å². The number of nitrogens with zero attached hydrogens (tertiary/aromatic N) is 1. The van der Waals surface area contributed by atoms with Crippen LogP contribution in [0.25, 0.3) is 0 Å². The smallest absolute Gasteiger partial charge is 0.267 e. The highest BCUT2D eigenvalue weighted by Gasteiger charge is 2.37. The number of nitrogens with one attached hydrogen (secondary N) is 1. The topological polar surface area (TPSA) is 75.7 Å². The average molecular weight is 423 g/mol. The van der Waals surface area contributed by atoms with Crippen LogP contribution in [0, 0.1) is 13.8 Å². The zero-order valence-corrected chi connectivity index (χ0v) is 17.5. The Kier molecular flexibility index (Phi) is 5.22. The van der Waals surface area contributed by atoms with Crippen molar-refractivity contribution in [2.45, 2.75) is 24.8 Å². The summed E-state index contributed by atoms with van der Waals surface area (Å²) < 4.78 is 33.8. The quantitative estimate of drug-likeness (QED) is 0.692. The molecule has 7 heteroatoms. The Bertz CT molecular complexity index is 1190. The van der Waals surface area contributed by atoms with Crippen molar-refractivity contribution >= 4 is 27.3 Å². The maximum Gasteiger partial charge on any atom is 0.267 e. The molecule has 30 heavy (non-hydrogen) atoms. The molecular formula is C23H22N2O4S. The second-order valence-corrected chi connectivity index (χ2v) is 9.09. The summed E-state index contributed by atoms with van der Waals surface area (Å²) in [6.07, 6.45) is -0.988. The van der Waals surface area contributed by atoms with Gasteiger partial charge in [-0.05, 0) is 55.3 Å². The van der Waals surface area contributed by atoms with Gasteiger partial charge in [-0.15, -0.1) is 0 Å². The van der Waals surface area contributed by atoms with Gasteiger partial charge in [0.25, 0.3) is 15.9 Å². The number of sulfonamides is 1. The van der Waals surface area contributed by atoms with E-state index in [0.29, 0.717) is 17.1 Å². The monoisotopic (exact) mass is 422 g/mol. The summed E-state index contributed by atoms with van der Waals surface area (Å²) in [5.74, 6) is -0.0455. The summed E-state index contributed by atoms with van der Waals surface area (Å²) in [4.78, 5) is 13.2. The molecule has 1 aliphatic heterocycles. The number of fused-ring (bicyclic) bond motifs is 1. The van der Waals surface area contributed by atoms with E-state index >= 15 is 0 Å². The molecule has 3 aromatic rings. The minimum Gasteiger partial charge on any atom is -0.476 e. The van der Waals surface area contributed by atoms with Gasteiger partial charge in [0.15, 0.2) is 6.10 Å². The van der Waals surface area contributed by atoms with Gasteiger partial charge < -0.3 is 10.1 Å². The first kappa shape index (κ1) is 20.0. The van der Waals surface area contributed by atoms with Crippen molar-refractivity contribution in [1.29, 1.82) is 0 Å². The van der Waals surface area contributed by atoms with Crippen LogP contribution in [0.2, 0.25) is 0 Å². The number of carbonyl (C=O) groups is 1. The van der Waals surface area contributed by atoms with Crippen molar-refractivity contribution in [3.63, 3.8) is 0 Å². The fourth-order valence-electron chi connectivity index (χ4n) is 3.37. The lowest BCUT2D eigenvalue weighted by molar-refractivity contribution is -0.122. The average Bonchev–Trinajstić information content (AvgIpc) is 2.76. The summed E-state index contributed by atoms with van der Waals surface area (Å²) in [6, 6.07) is 20.8. The molecule has 6 nitrogen and oxygen atoms in total. The van der Waals surface area contributed by atoms with Gasteiger partial charge in [0, 0.05) is 5.69 Å². The van der Waals surface area contributed by atoms with Gasteiger partial charge in [-0.2, -0.15) is 0 Å². The maximum atomic E-state index is 13.3. The normalized spacial score (nSPS) is 15.8. The van der Waals surface area contributed by atoms with Gasteiger partial charge >= 0.3 is 0 Å². The van der Waals surface area contributed by atoms with Crippen LogP contribution in [-0.4, -0.2) is 27.0 Å². The number of para-hydroxylation sites is 2. The number of ether oxygens (including phenoxy) is 1. The van der Waals surface area contributed by atoms with Crippen LogP contribution in [0.15, 0.2) is 77.7 Å². The summed E-state index contributed by atoms with van der Waals surface area (Å²) in [5, 5.41) is 2.88. The minimum absolute atomic E-state index is 0.120.